The van der Waals surface area contributed by atoms with Crippen molar-refractivity contribution >= 4 is 22.3 Å². The summed E-state index contributed by atoms with van der Waals surface area (Å²) in [7, 11) is 4.00. The fourth-order valence-electron chi connectivity index (χ4n) is 1.11. The molecule has 0 unspecified atom stereocenters. The third-order valence-electron chi connectivity index (χ3n) is 1.88. The van der Waals surface area contributed by atoms with Crippen LogP contribution in [0.15, 0.2) is 5.51 Å². The summed E-state index contributed by atoms with van der Waals surface area (Å²) >= 11 is 1.41. The van der Waals surface area contributed by atoms with E-state index in [4.69, 9.17) is 4.74 Å². The van der Waals surface area contributed by atoms with Gasteiger partial charge >= 0.3 is 5.97 Å². The Morgan fingerprint density at radius 1 is 1.62 bits per heavy atom. The third kappa shape index (κ3) is 3.79. The van der Waals surface area contributed by atoms with Crippen LogP contribution in [-0.2, 0) is 4.74 Å². The highest BCUT2D eigenvalue weighted by Crippen LogP contribution is 2.20. The molecule has 0 fully saturated rings. The van der Waals surface area contributed by atoms with Crippen LogP contribution in [0, 0.1) is 0 Å². The van der Waals surface area contributed by atoms with Crippen molar-refractivity contribution < 1.29 is 9.53 Å². The number of anilines is 1. The van der Waals surface area contributed by atoms with E-state index in [1.807, 2.05) is 14.1 Å². The second kappa shape index (κ2) is 6.44. The van der Waals surface area contributed by atoms with Crippen LogP contribution in [0.2, 0.25) is 0 Å². The summed E-state index contributed by atoms with van der Waals surface area (Å²) in [5.74, 6) is -0.365. The molecular weight excluding hydrogens is 226 g/mol. The number of hydrogen-bond donors (Lipinski definition) is 1. The van der Waals surface area contributed by atoms with Gasteiger partial charge in [-0.05, 0) is 21.0 Å². The number of ether oxygens (including phenoxy) is 1. The Labute approximate surface area is 99.4 Å². The molecule has 0 saturated carbocycles. The summed E-state index contributed by atoms with van der Waals surface area (Å²) in [4.78, 5) is 17.6. The summed E-state index contributed by atoms with van der Waals surface area (Å²) in [5.41, 5.74) is 2.02. The van der Waals surface area contributed by atoms with Crippen molar-refractivity contribution in [2.45, 2.75) is 6.92 Å². The van der Waals surface area contributed by atoms with Gasteiger partial charge in [-0.1, -0.05) is 0 Å². The smallest absolute Gasteiger partial charge is 0.360 e. The largest absolute Gasteiger partial charge is 0.461 e. The molecule has 1 heterocycles. The Balaban J connectivity index is 2.53. The minimum Gasteiger partial charge on any atom is -0.461 e. The van der Waals surface area contributed by atoms with E-state index in [2.05, 4.69) is 15.2 Å². The number of rotatable bonds is 6. The van der Waals surface area contributed by atoms with Gasteiger partial charge in [0.25, 0.3) is 0 Å². The maximum absolute atomic E-state index is 11.5. The third-order valence-corrected chi connectivity index (χ3v) is 2.66. The fraction of sp³-hybridized carbons (Fsp3) is 0.600. The molecule has 0 radical (unpaired) electrons. The predicted octanol–water partition coefficient (Wildman–Crippen LogP) is 1.29. The Bertz CT molecular complexity index is 339. The van der Waals surface area contributed by atoms with Gasteiger partial charge in [0.05, 0.1) is 12.1 Å². The highest BCUT2D eigenvalue weighted by atomic mass is 32.1. The number of aromatic nitrogens is 1. The molecule has 1 N–H and O–H groups in total. The molecular formula is C10H17N3O2S. The van der Waals surface area contributed by atoms with Gasteiger partial charge < -0.3 is 15.0 Å². The number of carbonyl (C=O) groups is 1. The maximum atomic E-state index is 11.5. The van der Waals surface area contributed by atoms with Crippen molar-refractivity contribution in [3.05, 3.63) is 11.2 Å². The summed E-state index contributed by atoms with van der Waals surface area (Å²) in [5, 5.41) is 3.96. The van der Waals surface area contributed by atoms with Crippen LogP contribution in [-0.4, -0.2) is 49.6 Å². The molecule has 1 aromatic heterocycles. The molecule has 6 heteroatoms. The van der Waals surface area contributed by atoms with Crippen LogP contribution in [0.4, 0.5) is 5.00 Å². The van der Waals surface area contributed by atoms with Crippen LogP contribution < -0.4 is 5.32 Å². The van der Waals surface area contributed by atoms with Crippen LogP contribution >= 0.6 is 11.3 Å². The van der Waals surface area contributed by atoms with Crippen LogP contribution in [0.5, 0.6) is 0 Å². The minimum atomic E-state index is -0.365. The molecule has 0 aromatic carbocycles. The zero-order valence-corrected chi connectivity index (χ0v) is 10.6. The van der Waals surface area contributed by atoms with Crippen LogP contribution in [0.25, 0.3) is 0 Å². The fourth-order valence-corrected chi connectivity index (χ4v) is 1.81. The number of carbonyl (C=O) groups excluding carboxylic acids is 1. The molecule has 1 aromatic rings. The number of hydrogen-bond acceptors (Lipinski definition) is 6. The number of nitrogens with zero attached hydrogens (tertiary/aromatic N) is 2. The first-order valence-corrected chi connectivity index (χ1v) is 6.02. The van der Waals surface area contributed by atoms with Crippen molar-refractivity contribution in [1.29, 1.82) is 0 Å². The van der Waals surface area contributed by atoms with Gasteiger partial charge in [0, 0.05) is 13.1 Å². The molecule has 0 bridgehead atoms. The average molecular weight is 243 g/mol. The standard InChI is InChI=1S/C10H17N3O2S/c1-4-15-10(14)8-9(16-7-12-8)11-5-6-13(2)3/h7,11H,4-6H2,1-3H3. The molecule has 1 rings (SSSR count). The van der Waals surface area contributed by atoms with E-state index in [-0.39, 0.29) is 5.97 Å². The summed E-state index contributed by atoms with van der Waals surface area (Å²) < 4.78 is 4.91. The number of likely N-dealkylation sites (N-methyl/N-ethyl adjacent to an activating group) is 1. The Morgan fingerprint density at radius 3 is 3.00 bits per heavy atom. The SMILES string of the molecule is CCOC(=O)c1ncsc1NCCN(C)C. The molecule has 0 aliphatic carbocycles. The second-order valence-electron chi connectivity index (χ2n) is 3.48. The molecule has 16 heavy (non-hydrogen) atoms. The topological polar surface area (TPSA) is 54.5 Å². The monoisotopic (exact) mass is 243 g/mol. The molecule has 90 valence electrons. The quantitative estimate of drug-likeness (QED) is 0.763. The molecule has 0 aliphatic rings. The maximum Gasteiger partial charge on any atom is 0.360 e. The van der Waals surface area contributed by atoms with Crippen LogP contribution in [0.1, 0.15) is 17.4 Å². The van der Waals surface area contributed by atoms with E-state index in [0.717, 1.165) is 18.1 Å². The Kier molecular flexibility index (Phi) is 5.21. The Hall–Kier alpha value is -1.14. The van der Waals surface area contributed by atoms with Gasteiger partial charge in [0.15, 0.2) is 5.69 Å². The van der Waals surface area contributed by atoms with Crippen molar-refractivity contribution in [2.24, 2.45) is 0 Å². The van der Waals surface area contributed by atoms with Crippen LogP contribution in [0.3, 0.4) is 0 Å². The van der Waals surface area contributed by atoms with Gasteiger partial charge in [0.2, 0.25) is 0 Å². The predicted molar refractivity (Wildman–Crippen MR) is 65.1 cm³/mol. The molecule has 0 aliphatic heterocycles. The Morgan fingerprint density at radius 2 is 2.38 bits per heavy atom. The average Bonchev–Trinajstić information content (AvgIpc) is 2.66. The molecule has 0 saturated heterocycles. The lowest BCUT2D eigenvalue weighted by molar-refractivity contribution is 0.0521. The number of nitrogens with one attached hydrogen (secondary N) is 1. The lowest BCUT2D eigenvalue weighted by Crippen LogP contribution is -2.21. The number of esters is 1. The minimum absolute atomic E-state index is 0.365. The van der Waals surface area contributed by atoms with Crippen molar-refractivity contribution in [2.75, 3.05) is 39.1 Å². The van der Waals surface area contributed by atoms with E-state index < -0.39 is 0 Å². The molecule has 0 spiro atoms. The number of thiazole rings is 1. The van der Waals surface area contributed by atoms with Gasteiger partial charge in [-0.25, -0.2) is 9.78 Å². The van der Waals surface area contributed by atoms with E-state index in [1.54, 1.807) is 12.4 Å². The zero-order valence-electron chi connectivity index (χ0n) is 9.82. The molecule has 0 atom stereocenters. The van der Waals surface area contributed by atoms with Gasteiger partial charge in [0.1, 0.15) is 5.00 Å². The first-order chi connectivity index (χ1) is 7.65. The highest BCUT2D eigenvalue weighted by Gasteiger charge is 2.15. The van der Waals surface area contributed by atoms with Gasteiger partial charge in [-0.2, -0.15) is 0 Å². The van der Waals surface area contributed by atoms with E-state index >= 15 is 0 Å². The molecule has 5 nitrogen and oxygen atoms in total. The second-order valence-corrected chi connectivity index (χ2v) is 4.34. The van der Waals surface area contributed by atoms with Crippen molar-refractivity contribution in [3.8, 4) is 0 Å². The lowest BCUT2D eigenvalue weighted by Gasteiger charge is -2.10. The van der Waals surface area contributed by atoms with E-state index in [9.17, 15) is 4.79 Å². The summed E-state index contributed by atoms with van der Waals surface area (Å²) in [6.07, 6.45) is 0. The van der Waals surface area contributed by atoms with Gasteiger partial charge in [-0.3, -0.25) is 0 Å². The van der Waals surface area contributed by atoms with E-state index in [1.165, 1.54) is 11.3 Å². The summed E-state index contributed by atoms with van der Waals surface area (Å²) in [6.45, 7) is 3.83. The van der Waals surface area contributed by atoms with Crippen molar-refractivity contribution in [1.82, 2.24) is 9.88 Å². The normalized spacial score (nSPS) is 10.5. The first-order valence-electron chi connectivity index (χ1n) is 5.14. The van der Waals surface area contributed by atoms with E-state index in [0.29, 0.717) is 12.3 Å². The highest BCUT2D eigenvalue weighted by molar-refractivity contribution is 7.14. The first kappa shape index (κ1) is 12.9. The van der Waals surface area contributed by atoms with Gasteiger partial charge in [-0.15, -0.1) is 11.3 Å². The lowest BCUT2D eigenvalue weighted by atomic mass is 10.4. The summed E-state index contributed by atoms with van der Waals surface area (Å²) in [6, 6.07) is 0. The molecule has 0 amide bonds. The van der Waals surface area contributed by atoms with Crippen molar-refractivity contribution in [3.63, 3.8) is 0 Å². The zero-order chi connectivity index (χ0) is 12.0.